The molecular formula is C15H29NO. The minimum absolute atomic E-state index is 0.0649. The molecule has 2 nitrogen and oxygen atoms in total. The van der Waals surface area contributed by atoms with E-state index in [1.807, 2.05) is 0 Å². The van der Waals surface area contributed by atoms with E-state index in [1.54, 1.807) is 0 Å². The third-order valence-corrected chi connectivity index (χ3v) is 5.04. The van der Waals surface area contributed by atoms with E-state index in [2.05, 4.69) is 18.7 Å². The second-order valence-corrected chi connectivity index (χ2v) is 6.02. The predicted octanol–water partition coefficient (Wildman–Crippen LogP) is 3.19. The Morgan fingerprint density at radius 1 is 1.06 bits per heavy atom. The standard InChI is InChI=1S/C15H29NO/c1-3-12-8-9-15(17)14(11-12)16-10-6-5-7-13(16)4-2/h12-15,17H,3-11H2,1-2H3. The minimum Gasteiger partial charge on any atom is -0.391 e. The Bertz CT molecular complexity index is 231. The third-order valence-electron chi connectivity index (χ3n) is 5.04. The van der Waals surface area contributed by atoms with Crippen molar-refractivity contribution < 1.29 is 5.11 Å². The fourth-order valence-corrected chi connectivity index (χ4v) is 3.84. The lowest BCUT2D eigenvalue weighted by molar-refractivity contribution is -0.0294. The molecule has 17 heavy (non-hydrogen) atoms. The van der Waals surface area contributed by atoms with Crippen molar-refractivity contribution >= 4 is 0 Å². The number of piperidine rings is 1. The van der Waals surface area contributed by atoms with Crippen LogP contribution in [0.4, 0.5) is 0 Å². The molecule has 0 aromatic heterocycles. The summed E-state index contributed by atoms with van der Waals surface area (Å²) >= 11 is 0. The normalized spacial score (nSPS) is 40.4. The van der Waals surface area contributed by atoms with E-state index in [-0.39, 0.29) is 6.10 Å². The van der Waals surface area contributed by atoms with Crippen LogP contribution >= 0.6 is 0 Å². The Hall–Kier alpha value is -0.0800. The van der Waals surface area contributed by atoms with Gasteiger partial charge in [0.05, 0.1) is 6.10 Å². The molecule has 2 heteroatoms. The summed E-state index contributed by atoms with van der Waals surface area (Å²) in [6.07, 6.45) is 10.0. The van der Waals surface area contributed by atoms with Gasteiger partial charge in [0, 0.05) is 12.1 Å². The first kappa shape index (κ1) is 13.4. The molecule has 1 heterocycles. The number of rotatable bonds is 3. The summed E-state index contributed by atoms with van der Waals surface area (Å²) in [5.74, 6) is 0.850. The molecule has 0 bridgehead atoms. The third kappa shape index (κ3) is 3.03. The molecule has 2 aliphatic rings. The van der Waals surface area contributed by atoms with Crippen LogP contribution in [0.25, 0.3) is 0 Å². The Morgan fingerprint density at radius 3 is 2.59 bits per heavy atom. The minimum atomic E-state index is -0.0649. The molecule has 0 radical (unpaired) electrons. The van der Waals surface area contributed by atoms with Gasteiger partial charge >= 0.3 is 0 Å². The zero-order chi connectivity index (χ0) is 12.3. The first-order valence-electron chi connectivity index (χ1n) is 7.70. The summed E-state index contributed by atoms with van der Waals surface area (Å²) in [7, 11) is 0. The molecule has 0 spiro atoms. The van der Waals surface area contributed by atoms with Crippen LogP contribution in [0, 0.1) is 5.92 Å². The molecule has 0 aromatic carbocycles. The first-order valence-corrected chi connectivity index (χ1v) is 7.70. The maximum Gasteiger partial charge on any atom is 0.0695 e. The fraction of sp³-hybridized carbons (Fsp3) is 1.00. The molecule has 1 aliphatic heterocycles. The van der Waals surface area contributed by atoms with Crippen molar-refractivity contribution in [1.82, 2.24) is 4.90 Å². The van der Waals surface area contributed by atoms with Gasteiger partial charge < -0.3 is 5.11 Å². The Morgan fingerprint density at radius 2 is 1.88 bits per heavy atom. The van der Waals surface area contributed by atoms with Crippen molar-refractivity contribution in [3.63, 3.8) is 0 Å². The van der Waals surface area contributed by atoms with E-state index >= 15 is 0 Å². The molecule has 0 amide bonds. The van der Waals surface area contributed by atoms with Crippen LogP contribution in [0.2, 0.25) is 0 Å². The van der Waals surface area contributed by atoms with Crippen LogP contribution < -0.4 is 0 Å². The molecule has 100 valence electrons. The number of aliphatic hydroxyl groups is 1. The van der Waals surface area contributed by atoms with Gasteiger partial charge in [-0.3, -0.25) is 4.90 Å². The van der Waals surface area contributed by atoms with Gasteiger partial charge in [0.15, 0.2) is 0 Å². The number of aliphatic hydroxyl groups excluding tert-OH is 1. The van der Waals surface area contributed by atoms with Gasteiger partial charge in [-0.25, -0.2) is 0 Å². The Kier molecular flexibility index (Phi) is 4.87. The number of nitrogens with zero attached hydrogens (tertiary/aromatic N) is 1. The van der Waals surface area contributed by atoms with E-state index in [0.29, 0.717) is 6.04 Å². The summed E-state index contributed by atoms with van der Waals surface area (Å²) in [6, 6.07) is 1.19. The lowest BCUT2D eigenvalue weighted by Crippen LogP contribution is -2.53. The highest BCUT2D eigenvalue weighted by molar-refractivity contribution is 4.90. The van der Waals surface area contributed by atoms with Crippen molar-refractivity contribution in [3.05, 3.63) is 0 Å². The lowest BCUT2D eigenvalue weighted by atomic mass is 9.80. The summed E-state index contributed by atoms with van der Waals surface area (Å²) in [4.78, 5) is 2.65. The molecule has 2 rings (SSSR count). The van der Waals surface area contributed by atoms with Gasteiger partial charge in [0.25, 0.3) is 0 Å². The molecule has 1 aliphatic carbocycles. The first-order chi connectivity index (χ1) is 8.26. The smallest absolute Gasteiger partial charge is 0.0695 e. The Balaban J connectivity index is 2.01. The highest BCUT2D eigenvalue weighted by Gasteiger charge is 2.36. The molecule has 1 saturated heterocycles. The van der Waals surface area contributed by atoms with Crippen molar-refractivity contribution in [2.75, 3.05) is 6.54 Å². The van der Waals surface area contributed by atoms with Crippen LogP contribution in [-0.4, -0.2) is 34.7 Å². The lowest BCUT2D eigenvalue weighted by Gasteiger charge is -2.46. The average molecular weight is 239 g/mol. The van der Waals surface area contributed by atoms with E-state index in [0.717, 1.165) is 18.4 Å². The van der Waals surface area contributed by atoms with Crippen LogP contribution in [0.15, 0.2) is 0 Å². The van der Waals surface area contributed by atoms with Crippen molar-refractivity contribution in [2.45, 2.75) is 83.4 Å². The van der Waals surface area contributed by atoms with Crippen LogP contribution in [0.1, 0.15) is 65.2 Å². The van der Waals surface area contributed by atoms with E-state index < -0.39 is 0 Å². The molecule has 2 fully saturated rings. The van der Waals surface area contributed by atoms with E-state index in [1.165, 1.54) is 51.5 Å². The van der Waals surface area contributed by atoms with Gasteiger partial charge in [0.1, 0.15) is 0 Å². The quantitative estimate of drug-likeness (QED) is 0.817. The van der Waals surface area contributed by atoms with E-state index in [4.69, 9.17) is 0 Å². The maximum absolute atomic E-state index is 10.3. The molecular weight excluding hydrogens is 210 g/mol. The zero-order valence-corrected chi connectivity index (χ0v) is 11.6. The maximum atomic E-state index is 10.3. The van der Waals surface area contributed by atoms with Crippen LogP contribution in [-0.2, 0) is 0 Å². The van der Waals surface area contributed by atoms with Crippen LogP contribution in [0.3, 0.4) is 0 Å². The largest absolute Gasteiger partial charge is 0.391 e. The summed E-state index contributed by atoms with van der Waals surface area (Å²) in [5.41, 5.74) is 0. The topological polar surface area (TPSA) is 23.5 Å². The summed E-state index contributed by atoms with van der Waals surface area (Å²) in [6.45, 7) is 5.82. The highest BCUT2D eigenvalue weighted by Crippen LogP contribution is 2.33. The SMILES string of the molecule is CCC1CCC(O)C(N2CCCCC2CC)C1. The average Bonchev–Trinajstić information content (AvgIpc) is 2.39. The van der Waals surface area contributed by atoms with Crippen molar-refractivity contribution in [2.24, 2.45) is 5.92 Å². The second-order valence-electron chi connectivity index (χ2n) is 6.02. The van der Waals surface area contributed by atoms with Gasteiger partial charge in [-0.15, -0.1) is 0 Å². The molecule has 1 N–H and O–H groups in total. The molecule has 4 atom stereocenters. The highest BCUT2D eigenvalue weighted by atomic mass is 16.3. The van der Waals surface area contributed by atoms with Gasteiger partial charge in [-0.2, -0.15) is 0 Å². The second kappa shape index (κ2) is 6.19. The number of likely N-dealkylation sites (tertiary alicyclic amines) is 1. The van der Waals surface area contributed by atoms with Gasteiger partial charge in [-0.05, 0) is 51.0 Å². The van der Waals surface area contributed by atoms with E-state index in [9.17, 15) is 5.11 Å². The Labute approximate surface area is 106 Å². The monoisotopic (exact) mass is 239 g/mol. The molecule has 1 saturated carbocycles. The van der Waals surface area contributed by atoms with Crippen LogP contribution in [0.5, 0.6) is 0 Å². The predicted molar refractivity (Wildman–Crippen MR) is 72.1 cm³/mol. The number of hydrogen-bond donors (Lipinski definition) is 1. The van der Waals surface area contributed by atoms with Crippen molar-refractivity contribution in [1.29, 1.82) is 0 Å². The fourth-order valence-electron chi connectivity index (χ4n) is 3.84. The molecule has 4 unspecified atom stereocenters. The van der Waals surface area contributed by atoms with Gasteiger partial charge in [-0.1, -0.05) is 26.7 Å². The summed E-state index contributed by atoms with van der Waals surface area (Å²) < 4.78 is 0. The van der Waals surface area contributed by atoms with Crippen molar-refractivity contribution in [3.8, 4) is 0 Å². The van der Waals surface area contributed by atoms with Gasteiger partial charge in [0.2, 0.25) is 0 Å². The molecule has 0 aromatic rings. The summed E-state index contributed by atoms with van der Waals surface area (Å²) in [5, 5.41) is 10.3. The number of hydrogen-bond acceptors (Lipinski definition) is 2. The zero-order valence-electron chi connectivity index (χ0n) is 11.6.